The number of rotatable bonds is 8. The van der Waals surface area contributed by atoms with Gasteiger partial charge in [-0.1, -0.05) is 19.8 Å². The highest BCUT2D eigenvalue weighted by Crippen LogP contribution is 2.14. The SMILES string of the molecule is CCCCCOc1ccc(C(=O)CN2CCNCC2)cc1. The summed E-state index contributed by atoms with van der Waals surface area (Å²) in [6.45, 7) is 7.28. The zero-order chi connectivity index (χ0) is 14.9. The summed E-state index contributed by atoms with van der Waals surface area (Å²) in [7, 11) is 0. The lowest BCUT2D eigenvalue weighted by Gasteiger charge is -2.26. The van der Waals surface area contributed by atoms with Gasteiger partial charge in [0, 0.05) is 31.7 Å². The molecule has 1 aliphatic rings. The molecule has 0 aliphatic carbocycles. The highest BCUT2D eigenvalue weighted by atomic mass is 16.5. The number of piperazine rings is 1. The third kappa shape index (κ3) is 5.48. The molecule has 1 N–H and O–H groups in total. The van der Waals surface area contributed by atoms with Crippen molar-refractivity contribution in [2.45, 2.75) is 26.2 Å². The molecular formula is C17H26N2O2. The maximum atomic E-state index is 12.2. The Morgan fingerprint density at radius 1 is 1.19 bits per heavy atom. The van der Waals surface area contributed by atoms with Gasteiger partial charge in [-0.15, -0.1) is 0 Å². The van der Waals surface area contributed by atoms with Gasteiger partial charge in [0.1, 0.15) is 5.75 Å². The number of nitrogens with zero attached hydrogens (tertiary/aromatic N) is 1. The fourth-order valence-electron chi connectivity index (χ4n) is 2.44. The van der Waals surface area contributed by atoms with Crippen molar-refractivity contribution in [3.63, 3.8) is 0 Å². The third-order valence-electron chi connectivity index (χ3n) is 3.77. The first-order valence-corrected chi connectivity index (χ1v) is 7.98. The second-order valence-corrected chi connectivity index (χ2v) is 5.53. The number of ketones is 1. The van der Waals surface area contributed by atoms with Gasteiger partial charge in [-0.25, -0.2) is 0 Å². The van der Waals surface area contributed by atoms with Crippen LogP contribution in [0.1, 0.15) is 36.5 Å². The number of benzene rings is 1. The molecule has 1 heterocycles. The van der Waals surface area contributed by atoms with E-state index in [1.165, 1.54) is 12.8 Å². The first kappa shape index (κ1) is 16.0. The number of unbranched alkanes of at least 4 members (excludes halogenated alkanes) is 2. The summed E-state index contributed by atoms with van der Waals surface area (Å²) >= 11 is 0. The fourth-order valence-corrected chi connectivity index (χ4v) is 2.44. The van der Waals surface area contributed by atoms with Crippen molar-refractivity contribution in [3.8, 4) is 5.75 Å². The number of Topliss-reactive ketones (excluding diaryl/α,β-unsaturated/α-hetero) is 1. The van der Waals surface area contributed by atoms with E-state index in [2.05, 4.69) is 17.1 Å². The second-order valence-electron chi connectivity index (χ2n) is 5.53. The Kier molecular flexibility index (Phi) is 6.70. The van der Waals surface area contributed by atoms with Gasteiger partial charge < -0.3 is 10.1 Å². The molecule has 4 heteroatoms. The van der Waals surface area contributed by atoms with Crippen LogP contribution in [0.2, 0.25) is 0 Å². The van der Waals surface area contributed by atoms with E-state index in [0.717, 1.165) is 50.5 Å². The quantitative estimate of drug-likeness (QED) is 0.589. The molecule has 0 atom stereocenters. The summed E-state index contributed by atoms with van der Waals surface area (Å²) in [4.78, 5) is 14.4. The lowest BCUT2D eigenvalue weighted by atomic mass is 10.1. The Labute approximate surface area is 127 Å². The van der Waals surface area contributed by atoms with Crippen molar-refractivity contribution in [1.29, 1.82) is 0 Å². The summed E-state index contributed by atoms with van der Waals surface area (Å²) in [5, 5.41) is 3.29. The van der Waals surface area contributed by atoms with Gasteiger partial charge in [-0.05, 0) is 30.7 Å². The maximum Gasteiger partial charge on any atom is 0.176 e. The molecule has 0 radical (unpaired) electrons. The van der Waals surface area contributed by atoms with E-state index in [1.54, 1.807) is 0 Å². The van der Waals surface area contributed by atoms with Crippen LogP contribution in [0.3, 0.4) is 0 Å². The van der Waals surface area contributed by atoms with Crippen LogP contribution in [0, 0.1) is 0 Å². The molecule has 1 aromatic carbocycles. The molecule has 116 valence electrons. The van der Waals surface area contributed by atoms with E-state index in [0.29, 0.717) is 6.54 Å². The predicted octanol–water partition coefficient (Wildman–Crippen LogP) is 2.34. The molecule has 2 rings (SSSR count). The minimum Gasteiger partial charge on any atom is -0.494 e. The summed E-state index contributed by atoms with van der Waals surface area (Å²) in [6.07, 6.45) is 3.48. The number of hydrogen-bond acceptors (Lipinski definition) is 4. The minimum absolute atomic E-state index is 0.189. The number of carbonyl (C=O) groups excluding carboxylic acids is 1. The fraction of sp³-hybridized carbons (Fsp3) is 0.588. The van der Waals surface area contributed by atoms with E-state index in [-0.39, 0.29) is 5.78 Å². The molecule has 1 fully saturated rings. The molecule has 1 saturated heterocycles. The summed E-state index contributed by atoms with van der Waals surface area (Å²) in [5.41, 5.74) is 0.773. The van der Waals surface area contributed by atoms with Crippen molar-refractivity contribution in [2.75, 3.05) is 39.3 Å². The number of carbonyl (C=O) groups is 1. The van der Waals surface area contributed by atoms with E-state index in [4.69, 9.17) is 4.74 Å². The van der Waals surface area contributed by atoms with Gasteiger partial charge in [0.15, 0.2) is 5.78 Å². The molecule has 0 unspecified atom stereocenters. The van der Waals surface area contributed by atoms with Crippen LogP contribution < -0.4 is 10.1 Å². The average Bonchev–Trinajstić information content (AvgIpc) is 2.53. The highest BCUT2D eigenvalue weighted by Gasteiger charge is 2.14. The first-order valence-electron chi connectivity index (χ1n) is 7.98. The zero-order valence-corrected chi connectivity index (χ0v) is 12.9. The summed E-state index contributed by atoms with van der Waals surface area (Å²) < 4.78 is 5.66. The van der Waals surface area contributed by atoms with Gasteiger partial charge in [0.25, 0.3) is 0 Å². The Morgan fingerprint density at radius 3 is 2.57 bits per heavy atom. The Bertz CT molecular complexity index is 425. The first-order chi connectivity index (χ1) is 10.3. The molecule has 1 aliphatic heterocycles. The van der Waals surface area contributed by atoms with Crippen LogP contribution in [-0.4, -0.2) is 50.0 Å². The van der Waals surface area contributed by atoms with Crippen LogP contribution in [0.5, 0.6) is 5.75 Å². The predicted molar refractivity (Wildman–Crippen MR) is 85.1 cm³/mol. The molecule has 0 bridgehead atoms. The van der Waals surface area contributed by atoms with Crippen LogP contribution in [-0.2, 0) is 0 Å². The second kappa shape index (κ2) is 8.80. The maximum absolute atomic E-state index is 12.2. The van der Waals surface area contributed by atoms with Gasteiger partial charge in [-0.3, -0.25) is 9.69 Å². The van der Waals surface area contributed by atoms with Crippen LogP contribution in [0.15, 0.2) is 24.3 Å². The van der Waals surface area contributed by atoms with Crippen molar-refractivity contribution in [1.82, 2.24) is 10.2 Å². The van der Waals surface area contributed by atoms with Gasteiger partial charge >= 0.3 is 0 Å². The summed E-state index contributed by atoms with van der Waals surface area (Å²) in [5.74, 6) is 1.04. The van der Waals surface area contributed by atoms with Crippen molar-refractivity contribution < 1.29 is 9.53 Å². The van der Waals surface area contributed by atoms with E-state index in [1.807, 2.05) is 24.3 Å². The van der Waals surface area contributed by atoms with Gasteiger partial charge in [-0.2, -0.15) is 0 Å². The molecule has 0 saturated carbocycles. The average molecular weight is 290 g/mol. The minimum atomic E-state index is 0.189. The Morgan fingerprint density at radius 2 is 1.90 bits per heavy atom. The molecule has 4 nitrogen and oxygen atoms in total. The Hall–Kier alpha value is -1.39. The molecular weight excluding hydrogens is 264 g/mol. The molecule has 1 aromatic rings. The van der Waals surface area contributed by atoms with Crippen molar-refractivity contribution >= 4 is 5.78 Å². The van der Waals surface area contributed by atoms with Gasteiger partial charge in [0.05, 0.1) is 13.2 Å². The zero-order valence-electron chi connectivity index (χ0n) is 12.9. The molecule has 21 heavy (non-hydrogen) atoms. The molecule has 0 amide bonds. The number of ether oxygens (including phenoxy) is 1. The smallest absolute Gasteiger partial charge is 0.176 e. The van der Waals surface area contributed by atoms with E-state index < -0.39 is 0 Å². The van der Waals surface area contributed by atoms with Crippen LogP contribution in [0.4, 0.5) is 0 Å². The number of hydrogen-bond donors (Lipinski definition) is 1. The van der Waals surface area contributed by atoms with E-state index in [9.17, 15) is 4.79 Å². The van der Waals surface area contributed by atoms with Gasteiger partial charge in [0.2, 0.25) is 0 Å². The lowest BCUT2D eigenvalue weighted by Crippen LogP contribution is -2.45. The van der Waals surface area contributed by atoms with Crippen LogP contribution >= 0.6 is 0 Å². The summed E-state index contributed by atoms with van der Waals surface area (Å²) in [6, 6.07) is 7.55. The van der Waals surface area contributed by atoms with E-state index >= 15 is 0 Å². The standard InChI is InChI=1S/C17H26N2O2/c1-2-3-4-13-21-16-7-5-15(6-8-16)17(20)14-19-11-9-18-10-12-19/h5-8,18H,2-4,9-14H2,1H3. The molecule has 0 spiro atoms. The highest BCUT2D eigenvalue weighted by molar-refractivity contribution is 5.97. The normalized spacial score (nSPS) is 15.9. The monoisotopic (exact) mass is 290 g/mol. The topological polar surface area (TPSA) is 41.6 Å². The Balaban J connectivity index is 1.78. The molecule has 0 aromatic heterocycles. The lowest BCUT2D eigenvalue weighted by molar-refractivity contribution is 0.0921. The van der Waals surface area contributed by atoms with Crippen LogP contribution in [0.25, 0.3) is 0 Å². The largest absolute Gasteiger partial charge is 0.494 e. The number of nitrogens with one attached hydrogen (secondary N) is 1. The van der Waals surface area contributed by atoms with Crippen molar-refractivity contribution in [3.05, 3.63) is 29.8 Å². The van der Waals surface area contributed by atoms with Crippen molar-refractivity contribution in [2.24, 2.45) is 0 Å². The third-order valence-corrected chi connectivity index (χ3v) is 3.77.